The molecule has 0 N–H and O–H groups in total. The van der Waals surface area contributed by atoms with Crippen molar-refractivity contribution in [3.63, 3.8) is 0 Å². The average molecular weight is 254 g/mol. The van der Waals surface area contributed by atoms with Crippen molar-refractivity contribution in [1.82, 2.24) is 0 Å². The normalized spacial score (nSPS) is 16.8. The van der Waals surface area contributed by atoms with Crippen LogP contribution in [0.3, 0.4) is 0 Å². The number of ether oxygens (including phenoxy) is 2. The molecule has 0 amide bonds. The maximum atomic E-state index is 5.90. The quantitative estimate of drug-likeness (QED) is 0.831. The number of hydrogen-bond acceptors (Lipinski definition) is 2. The first-order valence-electron chi connectivity index (χ1n) is 6.67. The SMILES string of the molecule is Cc1ccc2c(c1)CC(COc1ccccc1C)O2. The van der Waals surface area contributed by atoms with Gasteiger partial charge in [0.1, 0.15) is 24.2 Å². The zero-order valence-electron chi connectivity index (χ0n) is 11.3. The highest BCUT2D eigenvalue weighted by Crippen LogP contribution is 2.30. The van der Waals surface area contributed by atoms with Gasteiger partial charge in [-0.3, -0.25) is 0 Å². The Kier molecular flexibility index (Phi) is 3.16. The van der Waals surface area contributed by atoms with E-state index in [-0.39, 0.29) is 6.10 Å². The summed E-state index contributed by atoms with van der Waals surface area (Å²) in [7, 11) is 0. The summed E-state index contributed by atoms with van der Waals surface area (Å²) in [5, 5.41) is 0. The van der Waals surface area contributed by atoms with E-state index in [9.17, 15) is 0 Å². The second kappa shape index (κ2) is 4.96. The predicted octanol–water partition coefficient (Wildman–Crippen LogP) is 3.69. The monoisotopic (exact) mass is 254 g/mol. The molecule has 2 aromatic rings. The van der Waals surface area contributed by atoms with Crippen molar-refractivity contribution in [1.29, 1.82) is 0 Å². The van der Waals surface area contributed by atoms with Crippen LogP contribution in [-0.4, -0.2) is 12.7 Å². The van der Waals surface area contributed by atoms with Crippen molar-refractivity contribution >= 4 is 0 Å². The first-order valence-corrected chi connectivity index (χ1v) is 6.67. The van der Waals surface area contributed by atoms with Gasteiger partial charge in [-0.15, -0.1) is 0 Å². The fourth-order valence-electron chi connectivity index (χ4n) is 2.44. The van der Waals surface area contributed by atoms with Crippen molar-refractivity contribution in [2.75, 3.05) is 6.61 Å². The van der Waals surface area contributed by atoms with Crippen molar-refractivity contribution in [2.45, 2.75) is 26.4 Å². The van der Waals surface area contributed by atoms with Crippen molar-refractivity contribution in [2.24, 2.45) is 0 Å². The standard InChI is InChI=1S/C17H18O2/c1-12-7-8-17-14(9-12)10-15(19-17)11-18-16-6-4-3-5-13(16)2/h3-9,15H,10-11H2,1-2H3. The fourth-order valence-corrected chi connectivity index (χ4v) is 2.44. The van der Waals surface area contributed by atoms with Crippen LogP contribution in [0.2, 0.25) is 0 Å². The summed E-state index contributed by atoms with van der Waals surface area (Å²) in [6.45, 7) is 4.76. The highest BCUT2D eigenvalue weighted by atomic mass is 16.5. The van der Waals surface area contributed by atoms with Gasteiger partial charge in [0.15, 0.2) is 0 Å². The highest BCUT2D eigenvalue weighted by Gasteiger charge is 2.23. The van der Waals surface area contributed by atoms with Crippen molar-refractivity contribution < 1.29 is 9.47 Å². The Morgan fingerprint density at radius 2 is 2.00 bits per heavy atom. The van der Waals surface area contributed by atoms with Gasteiger partial charge in [0.05, 0.1) is 0 Å². The number of fused-ring (bicyclic) bond motifs is 1. The second-order valence-corrected chi connectivity index (χ2v) is 5.13. The molecule has 0 bridgehead atoms. The highest BCUT2D eigenvalue weighted by molar-refractivity contribution is 5.40. The van der Waals surface area contributed by atoms with Gasteiger partial charge in [0.25, 0.3) is 0 Å². The van der Waals surface area contributed by atoms with Gasteiger partial charge >= 0.3 is 0 Å². The minimum Gasteiger partial charge on any atom is -0.489 e. The van der Waals surface area contributed by atoms with E-state index < -0.39 is 0 Å². The molecule has 1 heterocycles. The van der Waals surface area contributed by atoms with E-state index in [4.69, 9.17) is 9.47 Å². The van der Waals surface area contributed by atoms with Crippen LogP contribution in [0.4, 0.5) is 0 Å². The molecular weight excluding hydrogens is 236 g/mol. The first-order chi connectivity index (χ1) is 9.22. The second-order valence-electron chi connectivity index (χ2n) is 5.13. The topological polar surface area (TPSA) is 18.5 Å². The molecule has 0 spiro atoms. The van der Waals surface area contributed by atoms with Crippen molar-refractivity contribution in [3.8, 4) is 11.5 Å². The van der Waals surface area contributed by atoms with Crippen LogP contribution in [0.15, 0.2) is 42.5 Å². The summed E-state index contributed by atoms with van der Waals surface area (Å²) in [5.41, 5.74) is 3.73. The summed E-state index contributed by atoms with van der Waals surface area (Å²) in [5.74, 6) is 1.95. The molecule has 2 nitrogen and oxygen atoms in total. The molecule has 1 aliphatic rings. The predicted molar refractivity (Wildman–Crippen MR) is 76.0 cm³/mol. The third kappa shape index (κ3) is 2.58. The van der Waals surface area contributed by atoms with Crippen LogP contribution in [0, 0.1) is 13.8 Å². The van der Waals surface area contributed by atoms with E-state index >= 15 is 0 Å². The Balaban J connectivity index is 1.63. The minimum atomic E-state index is 0.122. The lowest BCUT2D eigenvalue weighted by atomic mass is 10.1. The Bertz CT molecular complexity index is 590. The molecule has 0 aliphatic carbocycles. The summed E-state index contributed by atoms with van der Waals surface area (Å²) >= 11 is 0. The number of benzene rings is 2. The van der Waals surface area contributed by atoms with Crippen LogP contribution in [-0.2, 0) is 6.42 Å². The van der Waals surface area contributed by atoms with Gasteiger partial charge in [0, 0.05) is 6.42 Å². The molecule has 0 saturated carbocycles. The zero-order valence-corrected chi connectivity index (χ0v) is 11.3. The molecule has 2 heteroatoms. The summed E-state index contributed by atoms with van der Waals surface area (Å²) in [4.78, 5) is 0. The third-order valence-electron chi connectivity index (χ3n) is 3.48. The molecule has 0 aromatic heterocycles. The van der Waals surface area contributed by atoms with E-state index in [0.29, 0.717) is 6.61 Å². The van der Waals surface area contributed by atoms with Gasteiger partial charge in [-0.05, 0) is 37.1 Å². The molecule has 1 atom stereocenters. The van der Waals surface area contributed by atoms with Gasteiger partial charge in [-0.25, -0.2) is 0 Å². The molecule has 19 heavy (non-hydrogen) atoms. The minimum absolute atomic E-state index is 0.122. The Morgan fingerprint density at radius 1 is 1.16 bits per heavy atom. The molecule has 3 rings (SSSR count). The number of para-hydroxylation sites is 1. The van der Waals surface area contributed by atoms with Crippen LogP contribution < -0.4 is 9.47 Å². The molecule has 98 valence electrons. The maximum Gasteiger partial charge on any atom is 0.137 e. The smallest absolute Gasteiger partial charge is 0.137 e. The Morgan fingerprint density at radius 3 is 2.84 bits per heavy atom. The number of hydrogen-bond donors (Lipinski definition) is 0. The van der Waals surface area contributed by atoms with E-state index in [0.717, 1.165) is 23.5 Å². The van der Waals surface area contributed by atoms with E-state index in [2.05, 4.69) is 38.1 Å². The van der Waals surface area contributed by atoms with E-state index in [1.165, 1.54) is 11.1 Å². The molecule has 1 aliphatic heterocycles. The fraction of sp³-hybridized carbons (Fsp3) is 0.294. The Labute approximate surface area is 114 Å². The lowest BCUT2D eigenvalue weighted by Crippen LogP contribution is -2.22. The summed E-state index contributed by atoms with van der Waals surface area (Å²) in [6.07, 6.45) is 1.06. The van der Waals surface area contributed by atoms with Gasteiger partial charge in [0.2, 0.25) is 0 Å². The molecule has 1 unspecified atom stereocenters. The van der Waals surface area contributed by atoms with Crippen molar-refractivity contribution in [3.05, 3.63) is 59.2 Å². The first kappa shape index (κ1) is 12.1. The van der Waals surface area contributed by atoms with E-state index in [1.807, 2.05) is 18.2 Å². The lowest BCUT2D eigenvalue weighted by molar-refractivity contribution is 0.148. The van der Waals surface area contributed by atoms with Crippen LogP contribution in [0.1, 0.15) is 16.7 Å². The molecular formula is C17H18O2. The van der Waals surface area contributed by atoms with E-state index in [1.54, 1.807) is 0 Å². The van der Waals surface area contributed by atoms with Gasteiger partial charge in [-0.1, -0.05) is 35.9 Å². The summed E-state index contributed by atoms with van der Waals surface area (Å²) < 4.78 is 11.8. The van der Waals surface area contributed by atoms with Gasteiger partial charge < -0.3 is 9.47 Å². The zero-order chi connectivity index (χ0) is 13.2. The maximum absolute atomic E-state index is 5.90. The molecule has 2 aromatic carbocycles. The summed E-state index contributed by atoms with van der Waals surface area (Å²) in [6, 6.07) is 14.4. The van der Waals surface area contributed by atoms with Crippen LogP contribution >= 0.6 is 0 Å². The van der Waals surface area contributed by atoms with Gasteiger partial charge in [-0.2, -0.15) is 0 Å². The van der Waals surface area contributed by atoms with Crippen LogP contribution in [0.5, 0.6) is 11.5 Å². The molecule has 0 fully saturated rings. The third-order valence-corrected chi connectivity index (χ3v) is 3.48. The average Bonchev–Trinajstić information content (AvgIpc) is 2.79. The largest absolute Gasteiger partial charge is 0.489 e. The number of rotatable bonds is 3. The molecule has 0 saturated heterocycles. The van der Waals surface area contributed by atoms with Crippen LogP contribution in [0.25, 0.3) is 0 Å². The number of aryl methyl sites for hydroxylation is 2. The molecule has 0 radical (unpaired) electrons. The lowest BCUT2D eigenvalue weighted by Gasteiger charge is -2.13. The Hall–Kier alpha value is -1.96.